The van der Waals surface area contributed by atoms with E-state index >= 15 is 0 Å². The lowest BCUT2D eigenvalue weighted by Gasteiger charge is -2.20. The number of nitrogens with zero attached hydrogens (tertiary/aromatic N) is 6. The second kappa shape index (κ2) is 10.3. The first-order valence-corrected chi connectivity index (χ1v) is 11.2. The van der Waals surface area contributed by atoms with E-state index in [1.807, 2.05) is 32.0 Å². The minimum atomic E-state index is 0.464. The largest absolute Gasteiger partial charge is 0.490 e. The van der Waals surface area contributed by atoms with Gasteiger partial charge in [0.25, 0.3) is 0 Å². The van der Waals surface area contributed by atoms with Gasteiger partial charge in [-0.2, -0.15) is 20.1 Å². The molecule has 9 heteroatoms. The van der Waals surface area contributed by atoms with E-state index in [1.165, 1.54) is 25.7 Å². The van der Waals surface area contributed by atoms with Gasteiger partial charge in [0.1, 0.15) is 0 Å². The molecule has 0 saturated carbocycles. The van der Waals surface area contributed by atoms with Crippen molar-refractivity contribution in [3.8, 4) is 11.5 Å². The highest BCUT2D eigenvalue weighted by Crippen LogP contribution is 2.28. The second-order valence-electron chi connectivity index (χ2n) is 7.59. The lowest BCUT2D eigenvalue weighted by atomic mass is 10.2. The zero-order chi connectivity index (χ0) is 21.5. The molecule has 0 unspecified atom stereocenters. The number of aromatic nitrogens is 3. The van der Waals surface area contributed by atoms with Crippen LogP contribution in [0.3, 0.4) is 0 Å². The Labute approximate surface area is 183 Å². The summed E-state index contributed by atoms with van der Waals surface area (Å²) in [5.41, 5.74) is 3.89. The van der Waals surface area contributed by atoms with Gasteiger partial charge in [-0.3, -0.25) is 0 Å². The molecule has 2 aliphatic rings. The monoisotopic (exact) mass is 425 g/mol. The Morgan fingerprint density at radius 1 is 0.871 bits per heavy atom. The van der Waals surface area contributed by atoms with Crippen LogP contribution in [0.25, 0.3) is 0 Å². The third kappa shape index (κ3) is 5.34. The van der Waals surface area contributed by atoms with Gasteiger partial charge in [-0.25, -0.2) is 5.43 Å². The number of hydrazone groups is 1. The highest BCUT2D eigenvalue weighted by atomic mass is 16.5. The van der Waals surface area contributed by atoms with Gasteiger partial charge in [0.2, 0.25) is 17.8 Å². The quantitative estimate of drug-likeness (QED) is 0.484. The molecule has 2 fully saturated rings. The van der Waals surface area contributed by atoms with Crippen LogP contribution in [0.2, 0.25) is 0 Å². The normalized spacial score (nSPS) is 16.3. The molecule has 0 radical (unpaired) electrons. The van der Waals surface area contributed by atoms with Gasteiger partial charge < -0.3 is 19.3 Å². The van der Waals surface area contributed by atoms with E-state index < -0.39 is 0 Å². The molecule has 1 aromatic heterocycles. The third-order valence-corrected chi connectivity index (χ3v) is 5.34. The van der Waals surface area contributed by atoms with Crippen LogP contribution in [-0.4, -0.2) is 60.6 Å². The van der Waals surface area contributed by atoms with E-state index in [1.54, 1.807) is 6.21 Å². The van der Waals surface area contributed by atoms with Crippen LogP contribution >= 0.6 is 0 Å². The Balaban J connectivity index is 1.51. The molecule has 1 N–H and O–H groups in total. The van der Waals surface area contributed by atoms with E-state index in [2.05, 4.69) is 30.3 Å². The number of rotatable bonds is 9. The number of anilines is 3. The fourth-order valence-corrected chi connectivity index (χ4v) is 3.83. The van der Waals surface area contributed by atoms with Crippen LogP contribution in [0.1, 0.15) is 45.1 Å². The summed E-state index contributed by atoms with van der Waals surface area (Å²) < 4.78 is 11.3. The number of hydrogen-bond acceptors (Lipinski definition) is 9. The van der Waals surface area contributed by atoms with Crippen LogP contribution < -0.4 is 24.7 Å². The van der Waals surface area contributed by atoms with Crippen molar-refractivity contribution in [3.05, 3.63) is 23.8 Å². The van der Waals surface area contributed by atoms with Gasteiger partial charge in [0, 0.05) is 26.2 Å². The first-order valence-electron chi connectivity index (χ1n) is 11.2. The van der Waals surface area contributed by atoms with Gasteiger partial charge in [0.15, 0.2) is 11.5 Å². The summed E-state index contributed by atoms with van der Waals surface area (Å²) in [6, 6.07) is 5.76. The van der Waals surface area contributed by atoms with Crippen LogP contribution in [0.15, 0.2) is 23.3 Å². The summed E-state index contributed by atoms with van der Waals surface area (Å²) in [4.78, 5) is 18.4. The van der Waals surface area contributed by atoms with Crippen LogP contribution in [-0.2, 0) is 0 Å². The molecule has 0 atom stereocenters. The molecule has 2 aromatic rings. The van der Waals surface area contributed by atoms with E-state index in [0.29, 0.717) is 24.9 Å². The third-order valence-electron chi connectivity index (χ3n) is 5.34. The maximum atomic E-state index is 5.69. The highest BCUT2D eigenvalue weighted by molar-refractivity contribution is 5.81. The Morgan fingerprint density at radius 2 is 1.45 bits per heavy atom. The number of nitrogens with one attached hydrogen (secondary N) is 1. The molecule has 2 saturated heterocycles. The van der Waals surface area contributed by atoms with Crippen molar-refractivity contribution in [2.75, 3.05) is 54.6 Å². The molecule has 1 aromatic carbocycles. The van der Waals surface area contributed by atoms with Crippen LogP contribution in [0.4, 0.5) is 17.8 Å². The Bertz CT molecular complexity index is 859. The van der Waals surface area contributed by atoms with Crippen molar-refractivity contribution < 1.29 is 9.47 Å². The number of hydrogen-bond donors (Lipinski definition) is 1. The topological polar surface area (TPSA) is 88.0 Å². The number of benzene rings is 1. The summed E-state index contributed by atoms with van der Waals surface area (Å²) >= 11 is 0. The standard InChI is InChI=1S/C22H31N7O2/c1-3-30-18-10-9-17(15-19(18)31-4-2)16-23-27-20-24-21(28-11-5-6-12-28)26-22(25-20)29-13-7-8-14-29/h9-10,15-16H,3-8,11-14H2,1-2H3,(H,24,25,26,27)/b23-16-. The summed E-state index contributed by atoms with van der Waals surface area (Å²) in [6.07, 6.45) is 6.42. The first kappa shape index (κ1) is 21.1. The summed E-state index contributed by atoms with van der Waals surface area (Å²) in [5.74, 6) is 3.36. The molecule has 0 aliphatic carbocycles. The van der Waals surface area contributed by atoms with Crippen molar-refractivity contribution in [2.24, 2.45) is 5.10 Å². The molecular weight excluding hydrogens is 394 g/mol. The molecule has 9 nitrogen and oxygen atoms in total. The summed E-state index contributed by atoms with van der Waals surface area (Å²) in [6.45, 7) is 9.01. The summed E-state index contributed by atoms with van der Waals surface area (Å²) in [7, 11) is 0. The van der Waals surface area contributed by atoms with Crippen molar-refractivity contribution >= 4 is 24.1 Å². The molecule has 31 heavy (non-hydrogen) atoms. The van der Waals surface area contributed by atoms with Crippen LogP contribution in [0.5, 0.6) is 11.5 Å². The van der Waals surface area contributed by atoms with E-state index in [-0.39, 0.29) is 0 Å². The average Bonchev–Trinajstić information content (AvgIpc) is 3.50. The Hall–Kier alpha value is -3.10. The minimum Gasteiger partial charge on any atom is -0.490 e. The first-order chi connectivity index (χ1) is 15.3. The van der Waals surface area contributed by atoms with Gasteiger partial charge in [-0.1, -0.05) is 0 Å². The van der Waals surface area contributed by atoms with E-state index in [0.717, 1.165) is 49.4 Å². The smallest absolute Gasteiger partial charge is 0.250 e. The SMILES string of the molecule is CCOc1ccc(/C=N\Nc2nc(N3CCCC3)nc(N3CCCC3)n2)cc1OCC. The van der Waals surface area contributed by atoms with Crippen LogP contribution in [0, 0.1) is 0 Å². The Kier molecular flexibility index (Phi) is 7.01. The molecule has 2 aliphatic heterocycles. The second-order valence-corrected chi connectivity index (χ2v) is 7.59. The van der Waals surface area contributed by atoms with E-state index in [4.69, 9.17) is 14.5 Å². The maximum absolute atomic E-state index is 5.69. The fourth-order valence-electron chi connectivity index (χ4n) is 3.83. The van der Waals surface area contributed by atoms with Gasteiger partial charge in [-0.05, 0) is 63.3 Å². The fraction of sp³-hybridized carbons (Fsp3) is 0.545. The van der Waals surface area contributed by atoms with Crippen molar-refractivity contribution in [2.45, 2.75) is 39.5 Å². The lowest BCUT2D eigenvalue weighted by Crippen LogP contribution is -2.25. The molecule has 166 valence electrons. The van der Waals surface area contributed by atoms with Crippen molar-refractivity contribution in [1.82, 2.24) is 15.0 Å². The highest BCUT2D eigenvalue weighted by Gasteiger charge is 2.21. The zero-order valence-electron chi connectivity index (χ0n) is 18.4. The van der Waals surface area contributed by atoms with Crippen molar-refractivity contribution in [1.29, 1.82) is 0 Å². The molecule has 3 heterocycles. The predicted molar refractivity (Wildman–Crippen MR) is 123 cm³/mol. The lowest BCUT2D eigenvalue weighted by molar-refractivity contribution is 0.288. The Morgan fingerprint density at radius 3 is 2.03 bits per heavy atom. The predicted octanol–water partition coefficient (Wildman–Crippen LogP) is 3.32. The number of ether oxygens (including phenoxy) is 2. The van der Waals surface area contributed by atoms with Gasteiger partial charge in [-0.15, -0.1) is 0 Å². The van der Waals surface area contributed by atoms with Gasteiger partial charge >= 0.3 is 0 Å². The molecule has 0 bridgehead atoms. The molecule has 0 amide bonds. The van der Waals surface area contributed by atoms with Crippen molar-refractivity contribution in [3.63, 3.8) is 0 Å². The summed E-state index contributed by atoms with van der Waals surface area (Å²) in [5, 5.41) is 4.36. The molecule has 0 spiro atoms. The maximum Gasteiger partial charge on any atom is 0.250 e. The molecule has 4 rings (SSSR count). The zero-order valence-corrected chi connectivity index (χ0v) is 18.4. The van der Waals surface area contributed by atoms with E-state index in [9.17, 15) is 0 Å². The minimum absolute atomic E-state index is 0.464. The molecular formula is C22H31N7O2. The average molecular weight is 426 g/mol. The van der Waals surface area contributed by atoms with Gasteiger partial charge in [0.05, 0.1) is 19.4 Å².